The van der Waals surface area contributed by atoms with Gasteiger partial charge in [-0.05, 0) is 49.3 Å². The highest BCUT2D eigenvalue weighted by molar-refractivity contribution is 6.25. The number of primary amides is 1. The average molecular weight is 533 g/mol. The Bertz CT molecular complexity index is 1550. The van der Waals surface area contributed by atoms with Gasteiger partial charge in [0.05, 0.1) is 29.2 Å². The van der Waals surface area contributed by atoms with Gasteiger partial charge >= 0.3 is 0 Å². The number of carbonyl (C=O) groups is 3. The summed E-state index contributed by atoms with van der Waals surface area (Å²) in [5.74, 6) is -8.78. The normalized spacial score (nSPS) is 29.4. The second kappa shape index (κ2) is 8.91. The number of hydrogen-bond acceptors (Lipinski definition) is 9. The Kier molecular flexibility index (Phi) is 6.02. The third-order valence-corrected chi connectivity index (χ3v) is 8.03. The lowest BCUT2D eigenvalue weighted by Crippen LogP contribution is -2.70. The van der Waals surface area contributed by atoms with E-state index in [1.165, 1.54) is 25.1 Å². The maximum absolute atomic E-state index is 14.1. The van der Waals surface area contributed by atoms with Crippen LogP contribution in [-0.4, -0.2) is 79.7 Å². The highest BCUT2D eigenvalue weighted by atomic mass is 16.4. The summed E-state index contributed by atoms with van der Waals surface area (Å²) in [7, 11) is 2.92. The van der Waals surface area contributed by atoms with Gasteiger partial charge in [-0.3, -0.25) is 19.3 Å². The van der Waals surface area contributed by atoms with E-state index >= 15 is 0 Å². The van der Waals surface area contributed by atoms with Crippen molar-refractivity contribution in [2.75, 3.05) is 14.1 Å². The molecular formula is C29H28N2O8. The van der Waals surface area contributed by atoms with Crippen molar-refractivity contribution in [3.63, 3.8) is 0 Å². The molecule has 10 nitrogen and oxygen atoms in total. The van der Waals surface area contributed by atoms with E-state index in [9.17, 15) is 39.9 Å². The van der Waals surface area contributed by atoms with Crippen molar-refractivity contribution in [1.29, 1.82) is 0 Å². The van der Waals surface area contributed by atoms with Crippen molar-refractivity contribution >= 4 is 34.9 Å². The van der Waals surface area contributed by atoms with Crippen molar-refractivity contribution in [3.05, 3.63) is 81.6 Å². The summed E-state index contributed by atoms with van der Waals surface area (Å²) in [6, 6.07) is 10.4. The Morgan fingerprint density at radius 1 is 1.05 bits per heavy atom. The fourth-order valence-corrected chi connectivity index (χ4v) is 6.23. The SMILES string of the molecule is Cc1ccccc1/C=C1\c2cccc(O)c2C(O)=C2C(=O)C3(O)C(O)=C(C(N)=O)C(=O)C(N(C)C)C3C(O)C21. The first-order valence-corrected chi connectivity index (χ1v) is 12.3. The van der Waals surface area contributed by atoms with E-state index in [-0.39, 0.29) is 11.3 Å². The van der Waals surface area contributed by atoms with E-state index in [0.717, 1.165) is 11.1 Å². The number of benzene rings is 2. The molecule has 5 unspecified atom stereocenters. The number of hydrogen-bond donors (Lipinski definition) is 6. The Labute approximate surface area is 223 Å². The monoisotopic (exact) mass is 532 g/mol. The lowest BCUT2D eigenvalue weighted by Gasteiger charge is -2.53. The van der Waals surface area contributed by atoms with Gasteiger partial charge in [0.15, 0.2) is 11.4 Å². The lowest BCUT2D eigenvalue weighted by molar-refractivity contribution is -0.166. The Morgan fingerprint density at radius 2 is 1.72 bits per heavy atom. The summed E-state index contributed by atoms with van der Waals surface area (Å²) in [6.07, 6.45) is -0.00521. The van der Waals surface area contributed by atoms with Crippen molar-refractivity contribution in [2.24, 2.45) is 17.6 Å². The largest absolute Gasteiger partial charge is 0.508 e. The molecule has 0 saturated heterocycles. The maximum atomic E-state index is 14.1. The van der Waals surface area contributed by atoms with Crippen LogP contribution in [0, 0.1) is 18.8 Å². The van der Waals surface area contributed by atoms with Crippen molar-refractivity contribution < 1.29 is 39.9 Å². The van der Waals surface area contributed by atoms with Gasteiger partial charge in [-0.15, -0.1) is 0 Å². The second-order valence-corrected chi connectivity index (χ2v) is 10.4. The summed E-state index contributed by atoms with van der Waals surface area (Å²) < 4.78 is 0. The molecule has 0 aliphatic heterocycles. The number of aliphatic hydroxyl groups excluding tert-OH is 3. The quantitative estimate of drug-likeness (QED) is 0.317. The number of aliphatic hydroxyl groups is 4. The average Bonchev–Trinajstić information content (AvgIpc) is 2.86. The molecule has 0 heterocycles. The van der Waals surface area contributed by atoms with Crippen LogP contribution in [0.1, 0.15) is 22.3 Å². The number of Topliss-reactive ketones (excluding diaryl/α,β-unsaturated/α-hetero) is 2. The van der Waals surface area contributed by atoms with E-state index in [1.807, 2.05) is 25.1 Å². The number of fused-ring (bicyclic) bond motifs is 3. The summed E-state index contributed by atoms with van der Waals surface area (Å²) in [6.45, 7) is 1.87. The predicted molar refractivity (Wildman–Crippen MR) is 141 cm³/mol. The Balaban J connectivity index is 1.88. The number of phenolic OH excluding ortho intramolecular Hbond substituents is 1. The number of likely N-dealkylation sites (N-methyl/N-ethyl adjacent to an activating group) is 1. The molecule has 202 valence electrons. The van der Waals surface area contributed by atoms with Crippen LogP contribution in [0.25, 0.3) is 17.4 Å². The highest BCUT2D eigenvalue weighted by Gasteiger charge is 2.68. The minimum atomic E-state index is -2.97. The number of phenols is 1. The zero-order chi connectivity index (χ0) is 28.5. The first kappa shape index (κ1) is 26.4. The van der Waals surface area contributed by atoms with Crippen molar-refractivity contribution in [1.82, 2.24) is 4.90 Å². The van der Waals surface area contributed by atoms with Gasteiger partial charge in [0.2, 0.25) is 5.78 Å². The molecule has 1 saturated carbocycles. The topological polar surface area (TPSA) is 182 Å². The zero-order valence-electron chi connectivity index (χ0n) is 21.4. The van der Waals surface area contributed by atoms with Crippen LogP contribution in [0.2, 0.25) is 0 Å². The number of aryl methyl sites for hydroxylation is 1. The molecule has 39 heavy (non-hydrogen) atoms. The molecular weight excluding hydrogens is 504 g/mol. The first-order valence-electron chi connectivity index (χ1n) is 12.3. The van der Waals surface area contributed by atoms with Crippen molar-refractivity contribution in [2.45, 2.75) is 24.7 Å². The summed E-state index contributed by atoms with van der Waals surface area (Å²) in [4.78, 5) is 41.0. The third-order valence-electron chi connectivity index (χ3n) is 8.03. The predicted octanol–water partition coefficient (Wildman–Crippen LogP) is 1.24. The fraction of sp³-hybridized carbons (Fsp3) is 0.276. The Morgan fingerprint density at radius 3 is 2.33 bits per heavy atom. The van der Waals surface area contributed by atoms with Crippen LogP contribution < -0.4 is 5.73 Å². The number of rotatable bonds is 3. The zero-order valence-corrected chi connectivity index (χ0v) is 21.4. The molecule has 5 rings (SSSR count). The summed E-state index contributed by atoms with van der Waals surface area (Å²) >= 11 is 0. The van der Waals surface area contributed by atoms with Gasteiger partial charge in [0.25, 0.3) is 5.91 Å². The van der Waals surface area contributed by atoms with Crippen LogP contribution >= 0.6 is 0 Å². The van der Waals surface area contributed by atoms with Crippen LogP contribution in [-0.2, 0) is 14.4 Å². The minimum Gasteiger partial charge on any atom is -0.508 e. The van der Waals surface area contributed by atoms with Crippen molar-refractivity contribution in [3.8, 4) is 5.75 Å². The number of carbonyl (C=O) groups excluding carboxylic acids is 3. The molecule has 0 spiro atoms. The van der Waals surface area contributed by atoms with Gasteiger partial charge in [-0.2, -0.15) is 0 Å². The summed E-state index contributed by atoms with van der Waals surface area (Å²) in [5.41, 5.74) is 3.13. The molecule has 2 aromatic rings. The standard InChI is InChI=1S/C29H28N2O8/c1-12-7-4-5-8-13(12)11-15-14-9-6-10-16(32)17(14)23(33)19-18(15)24(34)21-22(31(2)3)25(35)20(28(30)38)27(37)29(21,39)26(19)36/h4-11,18,21-22,24,32-34,37,39H,1-3H3,(H2,30,38)/b15-11+. The highest BCUT2D eigenvalue weighted by Crippen LogP contribution is 2.56. The number of aromatic hydroxyl groups is 1. The van der Waals surface area contributed by atoms with E-state index in [1.54, 1.807) is 24.3 Å². The second-order valence-electron chi connectivity index (χ2n) is 10.4. The lowest BCUT2D eigenvalue weighted by atomic mass is 9.55. The number of amides is 1. The summed E-state index contributed by atoms with van der Waals surface area (Å²) in [5, 5.41) is 56.8. The molecule has 3 aliphatic carbocycles. The first-order chi connectivity index (χ1) is 18.3. The van der Waals surface area contributed by atoms with E-state index in [2.05, 4.69) is 0 Å². The molecule has 0 bridgehead atoms. The van der Waals surface area contributed by atoms with Crippen LogP contribution in [0.3, 0.4) is 0 Å². The molecule has 7 N–H and O–H groups in total. The van der Waals surface area contributed by atoms with Crippen LogP contribution in [0.15, 0.2) is 59.4 Å². The van der Waals surface area contributed by atoms with Gasteiger partial charge in [0.1, 0.15) is 22.8 Å². The molecule has 10 heteroatoms. The maximum Gasteiger partial charge on any atom is 0.255 e. The van der Waals surface area contributed by atoms with E-state index in [4.69, 9.17) is 5.73 Å². The molecule has 2 aromatic carbocycles. The van der Waals surface area contributed by atoms with Gasteiger partial charge in [-0.25, -0.2) is 0 Å². The van der Waals surface area contributed by atoms with Crippen LogP contribution in [0.4, 0.5) is 0 Å². The van der Waals surface area contributed by atoms with Gasteiger partial charge < -0.3 is 31.3 Å². The van der Waals surface area contributed by atoms with E-state index < -0.39 is 69.7 Å². The molecule has 1 amide bonds. The minimum absolute atomic E-state index is 0.0965. The number of nitrogens with zero attached hydrogens (tertiary/aromatic N) is 1. The molecule has 1 fully saturated rings. The molecule has 0 aromatic heterocycles. The molecule has 3 aliphatic rings. The van der Waals surface area contributed by atoms with Crippen LogP contribution in [0.5, 0.6) is 5.75 Å². The van der Waals surface area contributed by atoms with Gasteiger partial charge in [-0.1, -0.05) is 42.5 Å². The molecule has 0 radical (unpaired) electrons. The fourth-order valence-electron chi connectivity index (χ4n) is 6.23. The molecule has 5 atom stereocenters. The number of nitrogens with two attached hydrogens (primary N) is 1. The third kappa shape index (κ3) is 3.49. The van der Waals surface area contributed by atoms with E-state index in [0.29, 0.717) is 11.1 Å². The number of ketones is 2. The Hall–Kier alpha value is -4.25. The smallest absolute Gasteiger partial charge is 0.255 e. The van der Waals surface area contributed by atoms with Gasteiger partial charge in [0, 0.05) is 5.92 Å².